The number of nitriles is 1. The fourth-order valence-electron chi connectivity index (χ4n) is 1.81. The third-order valence-electron chi connectivity index (χ3n) is 2.72. The Morgan fingerprint density at radius 1 is 1.52 bits per heavy atom. The Bertz CT molecular complexity index is 829. The van der Waals surface area contributed by atoms with E-state index in [2.05, 4.69) is 21.5 Å². The SMILES string of the molecule is N#Cc1cccc(-c2cn3nc(NCC(=O)O)sc3n2)c1. The van der Waals surface area contributed by atoms with E-state index in [-0.39, 0.29) is 6.54 Å². The topological polar surface area (TPSA) is 103 Å². The second-order valence-electron chi connectivity index (χ2n) is 4.20. The molecule has 8 heteroatoms. The predicted molar refractivity (Wildman–Crippen MR) is 77.1 cm³/mol. The van der Waals surface area contributed by atoms with Gasteiger partial charge in [0.15, 0.2) is 0 Å². The number of imidazole rings is 1. The van der Waals surface area contributed by atoms with Crippen LogP contribution in [0.5, 0.6) is 0 Å². The van der Waals surface area contributed by atoms with Crippen LogP contribution in [0, 0.1) is 11.3 Å². The molecule has 0 saturated heterocycles. The van der Waals surface area contributed by atoms with Crippen molar-refractivity contribution < 1.29 is 9.90 Å². The number of nitrogens with zero attached hydrogens (tertiary/aromatic N) is 4. The van der Waals surface area contributed by atoms with E-state index in [1.54, 1.807) is 28.9 Å². The highest BCUT2D eigenvalue weighted by Crippen LogP contribution is 2.24. The summed E-state index contributed by atoms with van der Waals surface area (Å²) in [5.41, 5.74) is 2.13. The lowest BCUT2D eigenvalue weighted by Crippen LogP contribution is -2.12. The molecule has 1 aromatic carbocycles. The van der Waals surface area contributed by atoms with Crippen LogP contribution in [-0.4, -0.2) is 32.2 Å². The lowest BCUT2D eigenvalue weighted by Gasteiger charge is -1.96. The average Bonchev–Trinajstić information content (AvgIpc) is 3.03. The Morgan fingerprint density at radius 2 is 2.38 bits per heavy atom. The van der Waals surface area contributed by atoms with Gasteiger partial charge in [0, 0.05) is 5.56 Å². The van der Waals surface area contributed by atoms with Crippen molar-refractivity contribution in [2.24, 2.45) is 0 Å². The van der Waals surface area contributed by atoms with E-state index in [0.29, 0.717) is 15.7 Å². The molecule has 0 aliphatic carbocycles. The van der Waals surface area contributed by atoms with E-state index in [1.807, 2.05) is 6.07 Å². The van der Waals surface area contributed by atoms with Crippen LogP contribution in [0.3, 0.4) is 0 Å². The zero-order valence-electron chi connectivity index (χ0n) is 10.6. The maximum atomic E-state index is 10.5. The first-order valence-corrected chi connectivity index (χ1v) is 6.80. The molecule has 0 fully saturated rings. The highest BCUT2D eigenvalue weighted by Gasteiger charge is 2.10. The van der Waals surface area contributed by atoms with Crippen LogP contribution in [0.4, 0.5) is 5.13 Å². The van der Waals surface area contributed by atoms with Crippen molar-refractivity contribution in [2.45, 2.75) is 0 Å². The number of rotatable bonds is 4. The Morgan fingerprint density at radius 3 is 3.10 bits per heavy atom. The van der Waals surface area contributed by atoms with Crippen molar-refractivity contribution in [1.82, 2.24) is 14.6 Å². The first-order chi connectivity index (χ1) is 10.2. The highest BCUT2D eigenvalue weighted by molar-refractivity contribution is 7.20. The summed E-state index contributed by atoms with van der Waals surface area (Å²) in [5, 5.41) is 24.9. The molecular weight excluding hydrogens is 290 g/mol. The van der Waals surface area contributed by atoms with Gasteiger partial charge in [0.2, 0.25) is 10.1 Å². The molecule has 7 nitrogen and oxygen atoms in total. The van der Waals surface area contributed by atoms with Gasteiger partial charge in [0.05, 0.1) is 23.5 Å². The molecule has 0 atom stereocenters. The molecule has 0 amide bonds. The number of carboxylic acids is 1. The zero-order valence-corrected chi connectivity index (χ0v) is 11.5. The van der Waals surface area contributed by atoms with Crippen molar-refractivity contribution in [3.05, 3.63) is 36.0 Å². The predicted octanol–water partition coefficient (Wildman–Crippen LogP) is 1.83. The molecule has 0 aliphatic heterocycles. The molecule has 0 unspecified atom stereocenters. The lowest BCUT2D eigenvalue weighted by molar-refractivity contribution is -0.134. The van der Waals surface area contributed by atoms with Gasteiger partial charge in [-0.3, -0.25) is 4.79 Å². The Balaban J connectivity index is 1.90. The van der Waals surface area contributed by atoms with Gasteiger partial charge in [-0.15, -0.1) is 5.10 Å². The van der Waals surface area contributed by atoms with Crippen LogP contribution in [0.25, 0.3) is 16.2 Å². The van der Waals surface area contributed by atoms with Crippen LogP contribution in [0.15, 0.2) is 30.5 Å². The molecule has 0 saturated carbocycles. The van der Waals surface area contributed by atoms with Gasteiger partial charge in [0.1, 0.15) is 6.54 Å². The second kappa shape index (κ2) is 5.22. The first-order valence-electron chi connectivity index (χ1n) is 5.98. The number of fused-ring (bicyclic) bond motifs is 1. The number of hydrogen-bond donors (Lipinski definition) is 2. The summed E-state index contributed by atoms with van der Waals surface area (Å²) < 4.78 is 1.59. The Hall–Kier alpha value is -2.92. The van der Waals surface area contributed by atoms with Crippen molar-refractivity contribution in [2.75, 3.05) is 11.9 Å². The number of carboxylic acid groups (broad SMARTS) is 1. The van der Waals surface area contributed by atoms with Crippen LogP contribution in [0.2, 0.25) is 0 Å². The highest BCUT2D eigenvalue weighted by atomic mass is 32.1. The number of aliphatic carboxylic acids is 1. The largest absolute Gasteiger partial charge is 0.480 e. The standard InChI is InChI=1S/C13H9N5O2S/c14-5-8-2-1-3-9(4-8)10-7-18-13(16-10)21-12(17-18)15-6-11(19)20/h1-4,7H,6H2,(H,15,17)(H,19,20). The van der Waals surface area contributed by atoms with Gasteiger partial charge in [-0.25, -0.2) is 9.50 Å². The normalized spacial score (nSPS) is 10.4. The maximum absolute atomic E-state index is 10.5. The Kier molecular flexibility index (Phi) is 3.25. The molecule has 0 radical (unpaired) electrons. The lowest BCUT2D eigenvalue weighted by atomic mass is 10.1. The number of benzene rings is 1. The first kappa shape index (κ1) is 13.1. The van der Waals surface area contributed by atoms with E-state index in [1.165, 1.54) is 11.3 Å². The molecule has 0 aliphatic rings. The molecule has 2 aromatic heterocycles. The van der Waals surface area contributed by atoms with Gasteiger partial charge in [-0.05, 0) is 12.1 Å². The smallest absolute Gasteiger partial charge is 0.322 e. The van der Waals surface area contributed by atoms with Crippen molar-refractivity contribution in [3.8, 4) is 17.3 Å². The summed E-state index contributed by atoms with van der Waals surface area (Å²) in [5.74, 6) is -0.947. The molecule has 2 heterocycles. The number of hydrogen-bond acceptors (Lipinski definition) is 6. The molecule has 3 rings (SSSR count). The molecule has 2 N–H and O–H groups in total. The minimum atomic E-state index is -0.947. The van der Waals surface area contributed by atoms with Gasteiger partial charge in [-0.2, -0.15) is 5.26 Å². The van der Waals surface area contributed by atoms with Gasteiger partial charge in [-0.1, -0.05) is 23.5 Å². The molecule has 3 aromatic rings. The van der Waals surface area contributed by atoms with E-state index in [0.717, 1.165) is 11.3 Å². The fourth-order valence-corrected chi connectivity index (χ4v) is 2.59. The zero-order chi connectivity index (χ0) is 14.8. The Labute approximate surface area is 123 Å². The minimum absolute atomic E-state index is 0.187. The van der Waals surface area contributed by atoms with E-state index in [4.69, 9.17) is 10.4 Å². The van der Waals surface area contributed by atoms with Crippen LogP contribution in [-0.2, 0) is 4.79 Å². The monoisotopic (exact) mass is 299 g/mol. The second-order valence-corrected chi connectivity index (χ2v) is 5.16. The van der Waals surface area contributed by atoms with E-state index >= 15 is 0 Å². The van der Waals surface area contributed by atoms with E-state index < -0.39 is 5.97 Å². The third-order valence-corrected chi connectivity index (χ3v) is 3.60. The van der Waals surface area contributed by atoms with E-state index in [9.17, 15) is 4.79 Å². The summed E-state index contributed by atoms with van der Waals surface area (Å²) >= 11 is 1.27. The minimum Gasteiger partial charge on any atom is -0.480 e. The molecule has 0 bridgehead atoms. The van der Waals surface area contributed by atoms with Crippen molar-refractivity contribution in [1.29, 1.82) is 5.26 Å². The summed E-state index contributed by atoms with van der Waals surface area (Å²) in [6.45, 7) is -0.187. The average molecular weight is 299 g/mol. The fraction of sp³-hybridized carbons (Fsp3) is 0.0769. The van der Waals surface area contributed by atoms with Crippen LogP contribution < -0.4 is 5.32 Å². The van der Waals surface area contributed by atoms with Crippen LogP contribution in [0.1, 0.15) is 5.56 Å². The summed E-state index contributed by atoms with van der Waals surface area (Å²) in [6, 6.07) is 9.25. The number of aromatic nitrogens is 3. The molecule has 0 spiro atoms. The number of nitrogens with one attached hydrogen (secondary N) is 1. The van der Waals surface area contributed by atoms with Crippen molar-refractivity contribution >= 4 is 27.4 Å². The quantitative estimate of drug-likeness (QED) is 0.761. The molecule has 104 valence electrons. The molecule has 21 heavy (non-hydrogen) atoms. The number of carbonyl (C=O) groups is 1. The number of anilines is 1. The van der Waals surface area contributed by atoms with Gasteiger partial charge in [0.25, 0.3) is 0 Å². The van der Waals surface area contributed by atoms with Crippen molar-refractivity contribution in [3.63, 3.8) is 0 Å². The summed E-state index contributed by atoms with van der Waals surface area (Å²) in [4.78, 5) is 15.6. The maximum Gasteiger partial charge on any atom is 0.322 e. The van der Waals surface area contributed by atoms with Gasteiger partial charge < -0.3 is 10.4 Å². The summed E-state index contributed by atoms with van der Waals surface area (Å²) in [6.07, 6.45) is 1.74. The van der Waals surface area contributed by atoms with Gasteiger partial charge >= 0.3 is 5.97 Å². The third kappa shape index (κ3) is 2.68. The molecular formula is C13H9N5O2S. The van der Waals surface area contributed by atoms with Crippen LogP contribution >= 0.6 is 11.3 Å². The summed E-state index contributed by atoms with van der Waals surface area (Å²) in [7, 11) is 0.